The van der Waals surface area contributed by atoms with Gasteiger partial charge in [-0.25, -0.2) is 9.97 Å². The standard InChI is InChI=1S/C27H27N7O3S/c28-18-9-8-17-19-20(23(38-22(18)19)25(36)34-14-5-4-10-31-11-14)21(29)24(35)27(17,30)26-32-12-16(13-33-26)37-15-6-2-1-3-7-15/h1-3,6-9,12-14,21,31H,4-5,10-11,28-30H2,(H,34,36). The van der Waals surface area contributed by atoms with Gasteiger partial charge in [0.25, 0.3) is 5.91 Å². The maximum absolute atomic E-state index is 13.8. The van der Waals surface area contributed by atoms with Crippen LogP contribution < -0.4 is 32.6 Å². The van der Waals surface area contributed by atoms with Gasteiger partial charge in [-0.15, -0.1) is 11.3 Å². The molecule has 0 bridgehead atoms. The van der Waals surface area contributed by atoms with Gasteiger partial charge in [0.1, 0.15) is 5.75 Å². The van der Waals surface area contributed by atoms with E-state index in [0.29, 0.717) is 49.8 Å². The lowest BCUT2D eigenvalue weighted by Gasteiger charge is -2.34. The van der Waals surface area contributed by atoms with Crippen molar-refractivity contribution in [1.29, 1.82) is 0 Å². The lowest BCUT2D eigenvalue weighted by Crippen LogP contribution is -2.53. The monoisotopic (exact) mass is 529 g/mol. The van der Waals surface area contributed by atoms with Crippen molar-refractivity contribution in [2.75, 3.05) is 18.8 Å². The molecular weight excluding hydrogens is 502 g/mol. The number of hydrogen-bond donors (Lipinski definition) is 5. The van der Waals surface area contributed by atoms with Gasteiger partial charge in [0, 0.05) is 29.2 Å². The fraction of sp³-hybridized carbons (Fsp3) is 0.259. The van der Waals surface area contributed by atoms with Crippen molar-refractivity contribution in [2.45, 2.75) is 30.5 Å². The van der Waals surface area contributed by atoms with Crippen molar-refractivity contribution in [2.24, 2.45) is 11.5 Å². The Morgan fingerprint density at radius 1 is 1.13 bits per heavy atom. The predicted molar refractivity (Wildman–Crippen MR) is 145 cm³/mol. The molecule has 11 heteroatoms. The maximum Gasteiger partial charge on any atom is 0.262 e. The molecule has 0 spiro atoms. The molecule has 194 valence electrons. The Kier molecular flexibility index (Phi) is 6.07. The topological polar surface area (TPSA) is 171 Å². The zero-order valence-electron chi connectivity index (χ0n) is 20.4. The number of Topliss-reactive ketones (excluding diaryl/α,β-unsaturated/α-hetero) is 1. The number of carbonyl (C=O) groups excluding carboxylic acids is 2. The first-order valence-electron chi connectivity index (χ1n) is 12.4. The van der Waals surface area contributed by atoms with Crippen LogP contribution in [0.1, 0.15) is 45.5 Å². The predicted octanol–water partition coefficient (Wildman–Crippen LogP) is 2.33. The number of ketones is 1. The number of nitrogens with one attached hydrogen (secondary N) is 2. The molecule has 1 saturated heterocycles. The maximum atomic E-state index is 13.8. The summed E-state index contributed by atoms with van der Waals surface area (Å²) in [6.45, 7) is 1.62. The van der Waals surface area contributed by atoms with E-state index in [2.05, 4.69) is 20.6 Å². The Bertz CT molecular complexity index is 1530. The Morgan fingerprint density at radius 2 is 1.89 bits per heavy atom. The Morgan fingerprint density at radius 3 is 2.61 bits per heavy atom. The normalized spacial score (nSPS) is 22.8. The number of ether oxygens (including phenoxy) is 1. The van der Waals surface area contributed by atoms with Crippen LogP contribution in [0.4, 0.5) is 5.69 Å². The fourth-order valence-electron chi connectivity index (χ4n) is 5.20. The third-order valence-electron chi connectivity index (χ3n) is 7.11. The third kappa shape index (κ3) is 3.91. The summed E-state index contributed by atoms with van der Waals surface area (Å²) in [5.74, 6) is 0.331. The Labute approximate surface area is 222 Å². The average Bonchev–Trinajstić information content (AvgIpc) is 3.35. The van der Waals surface area contributed by atoms with Gasteiger partial charge < -0.3 is 32.6 Å². The van der Waals surface area contributed by atoms with Crippen molar-refractivity contribution in [3.63, 3.8) is 0 Å². The first-order chi connectivity index (χ1) is 18.4. The quantitative estimate of drug-likeness (QED) is 0.243. The van der Waals surface area contributed by atoms with E-state index >= 15 is 0 Å². The molecule has 1 amide bonds. The van der Waals surface area contributed by atoms with Gasteiger partial charge in [0.15, 0.2) is 22.9 Å². The minimum absolute atomic E-state index is 0.000357. The van der Waals surface area contributed by atoms with Crippen LogP contribution in [0.15, 0.2) is 54.9 Å². The number of carbonyl (C=O) groups is 2. The van der Waals surface area contributed by atoms with E-state index in [1.165, 1.54) is 23.7 Å². The number of piperidine rings is 1. The lowest BCUT2D eigenvalue weighted by atomic mass is 9.73. The van der Waals surface area contributed by atoms with E-state index in [0.717, 1.165) is 19.4 Å². The van der Waals surface area contributed by atoms with E-state index in [1.54, 1.807) is 12.1 Å². The summed E-state index contributed by atoms with van der Waals surface area (Å²) in [7, 11) is 0. The zero-order valence-corrected chi connectivity index (χ0v) is 21.3. The van der Waals surface area contributed by atoms with Gasteiger partial charge in [-0.2, -0.15) is 0 Å². The molecule has 38 heavy (non-hydrogen) atoms. The average molecular weight is 530 g/mol. The second-order valence-electron chi connectivity index (χ2n) is 9.58. The first-order valence-corrected chi connectivity index (χ1v) is 13.2. The van der Waals surface area contributed by atoms with Crippen molar-refractivity contribution < 1.29 is 14.3 Å². The molecule has 3 atom stereocenters. The van der Waals surface area contributed by atoms with Crippen LogP contribution in [0, 0.1) is 0 Å². The minimum atomic E-state index is -1.73. The number of nitrogen functional groups attached to an aromatic ring is 1. The number of thiophene rings is 1. The van der Waals surface area contributed by atoms with Crippen molar-refractivity contribution in [1.82, 2.24) is 20.6 Å². The molecule has 3 heterocycles. The van der Waals surface area contributed by atoms with E-state index in [-0.39, 0.29) is 17.8 Å². The molecule has 10 nitrogen and oxygen atoms in total. The van der Waals surface area contributed by atoms with Crippen LogP contribution in [0.5, 0.6) is 11.5 Å². The summed E-state index contributed by atoms with van der Waals surface area (Å²) in [6, 6.07) is 11.4. The molecule has 2 aliphatic rings. The molecule has 1 aliphatic heterocycles. The molecule has 1 fully saturated rings. The molecule has 0 saturated carbocycles. The van der Waals surface area contributed by atoms with Crippen molar-refractivity contribution in [3.8, 4) is 11.5 Å². The highest BCUT2D eigenvalue weighted by molar-refractivity contribution is 7.21. The van der Waals surface area contributed by atoms with Crippen LogP contribution >= 0.6 is 11.3 Å². The van der Waals surface area contributed by atoms with Gasteiger partial charge in [-0.05, 0) is 43.1 Å². The molecule has 2 aromatic heterocycles. The summed E-state index contributed by atoms with van der Waals surface area (Å²) in [5, 5.41) is 6.98. The van der Waals surface area contributed by atoms with E-state index in [9.17, 15) is 9.59 Å². The summed E-state index contributed by atoms with van der Waals surface area (Å²) >= 11 is 1.23. The molecule has 1 aliphatic carbocycles. The molecule has 8 N–H and O–H groups in total. The first kappa shape index (κ1) is 24.4. The van der Waals surface area contributed by atoms with Crippen LogP contribution in [0.3, 0.4) is 0 Å². The largest absolute Gasteiger partial charge is 0.454 e. The van der Waals surface area contributed by atoms with Gasteiger partial charge in [0.05, 0.1) is 28.0 Å². The number of benzene rings is 2. The van der Waals surface area contributed by atoms with Crippen LogP contribution in [-0.4, -0.2) is 40.8 Å². The number of para-hydroxylation sites is 1. The number of nitrogens with two attached hydrogens (primary N) is 3. The smallest absolute Gasteiger partial charge is 0.262 e. The number of hydrogen-bond acceptors (Lipinski definition) is 10. The second kappa shape index (κ2) is 9.44. The minimum Gasteiger partial charge on any atom is -0.454 e. The number of rotatable bonds is 5. The highest BCUT2D eigenvalue weighted by atomic mass is 32.1. The van der Waals surface area contributed by atoms with E-state index < -0.39 is 17.4 Å². The number of anilines is 1. The molecule has 4 aromatic rings. The number of nitrogens with zero attached hydrogens (tertiary/aromatic N) is 2. The lowest BCUT2D eigenvalue weighted by molar-refractivity contribution is -0.125. The van der Waals surface area contributed by atoms with Crippen molar-refractivity contribution in [3.05, 3.63) is 76.7 Å². The SMILES string of the molecule is Nc1ccc2c3c(c(C(=O)NC4CCCNC4)sc13)C(N)C(=O)C2(N)c1ncc(Oc2ccccc2)cn1. The summed E-state index contributed by atoms with van der Waals surface area (Å²) < 4.78 is 6.44. The summed E-state index contributed by atoms with van der Waals surface area (Å²) in [5.41, 5.74) is 19.3. The van der Waals surface area contributed by atoms with Crippen LogP contribution in [-0.2, 0) is 10.3 Å². The number of aromatic nitrogens is 2. The zero-order chi connectivity index (χ0) is 26.4. The molecular formula is C27H27N7O3S. The van der Waals surface area contributed by atoms with E-state index in [4.69, 9.17) is 21.9 Å². The highest BCUT2D eigenvalue weighted by Crippen LogP contribution is 2.48. The van der Waals surface area contributed by atoms with E-state index in [1.807, 2.05) is 30.3 Å². The van der Waals surface area contributed by atoms with Gasteiger partial charge in [0.2, 0.25) is 0 Å². The van der Waals surface area contributed by atoms with Gasteiger partial charge in [-0.1, -0.05) is 24.3 Å². The summed E-state index contributed by atoms with van der Waals surface area (Å²) in [6.07, 6.45) is 4.80. The summed E-state index contributed by atoms with van der Waals surface area (Å²) in [4.78, 5) is 36.4. The van der Waals surface area contributed by atoms with Crippen LogP contribution in [0.2, 0.25) is 0 Å². The van der Waals surface area contributed by atoms with Crippen molar-refractivity contribution >= 4 is 38.8 Å². The third-order valence-corrected chi connectivity index (χ3v) is 8.36. The van der Waals surface area contributed by atoms with Gasteiger partial charge in [-0.3, -0.25) is 9.59 Å². The highest BCUT2D eigenvalue weighted by Gasteiger charge is 2.50. The fourth-order valence-corrected chi connectivity index (χ4v) is 6.41. The Hall–Kier alpha value is -3.90. The Balaban J connectivity index is 1.41. The van der Waals surface area contributed by atoms with Crippen LogP contribution in [0.25, 0.3) is 10.1 Å². The second-order valence-corrected chi connectivity index (χ2v) is 10.6. The molecule has 3 unspecified atom stereocenters. The van der Waals surface area contributed by atoms with Gasteiger partial charge >= 0.3 is 0 Å². The molecule has 6 rings (SSSR count). The number of amides is 1. The molecule has 0 radical (unpaired) electrons. The molecule has 2 aromatic carbocycles.